The molecule has 2 aromatic rings. The first-order valence-corrected chi connectivity index (χ1v) is 5.32. The average Bonchev–Trinajstić information content (AvgIpc) is 2.69. The molecule has 1 N–H and O–H groups in total. The highest BCUT2D eigenvalue weighted by Crippen LogP contribution is 2.13. The molecule has 0 saturated heterocycles. The second-order valence-corrected chi connectivity index (χ2v) is 4.15. The second kappa shape index (κ2) is 3.41. The fourth-order valence-electron chi connectivity index (χ4n) is 1.07. The third-order valence-electron chi connectivity index (χ3n) is 1.73. The molecule has 1 heterocycles. The van der Waals surface area contributed by atoms with Crippen molar-refractivity contribution in [1.29, 1.82) is 0 Å². The summed E-state index contributed by atoms with van der Waals surface area (Å²) >= 11 is 0. The summed E-state index contributed by atoms with van der Waals surface area (Å²) in [5, 5.41) is 10.4. The summed E-state index contributed by atoms with van der Waals surface area (Å²) in [5.74, 6) is 0. The second-order valence-electron chi connectivity index (χ2n) is 2.73. The number of tetrazole rings is 1. The van der Waals surface area contributed by atoms with Crippen LogP contribution in [0.1, 0.15) is 0 Å². The lowest BCUT2D eigenvalue weighted by Crippen LogP contribution is -2.01. The molecule has 0 saturated carbocycles. The van der Waals surface area contributed by atoms with Crippen molar-refractivity contribution in [1.82, 2.24) is 20.2 Å². The topological polar surface area (TPSA) is 98.0 Å². The molecule has 78 valence electrons. The zero-order chi connectivity index (χ0) is 10.9. The molecule has 0 unspecified atom stereocenters. The van der Waals surface area contributed by atoms with Gasteiger partial charge in [-0.05, 0) is 28.6 Å². The van der Waals surface area contributed by atoms with E-state index in [1.54, 1.807) is 6.07 Å². The first kappa shape index (κ1) is 9.74. The Labute approximate surface area is 85.1 Å². The summed E-state index contributed by atoms with van der Waals surface area (Å²) in [6.45, 7) is 0. The number of hydrogen-bond donors (Lipinski definition) is 1. The lowest BCUT2D eigenvalue weighted by atomic mass is 10.3. The Kier molecular flexibility index (Phi) is 2.21. The van der Waals surface area contributed by atoms with E-state index in [9.17, 15) is 8.42 Å². The molecular weight excluding hydrogens is 220 g/mol. The molecule has 0 radical (unpaired) electrons. The lowest BCUT2D eigenvalue weighted by molar-refractivity contribution is 0.483. The van der Waals surface area contributed by atoms with Gasteiger partial charge in [0.2, 0.25) is 0 Å². The van der Waals surface area contributed by atoms with Crippen LogP contribution in [-0.2, 0) is 10.1 Å². The maximum Gasteiger partial charge on any atom is 0.294 e. The fourth-order valence-corrected chi connectivity index (χ4v) is 1.59. The van der Waals surface area contributed by atoms with Crippen molar-refractivity contribution in [3.05, 3.63) is 30.6 Å². The summed E-state index contributed by atoms with van der Waals surface area (Å²) in [6, 6.07) is 5.65. The molecule has 0 bridgehead atoms. The van der Waals surface area contributed by atoms with Gasteiger partial charge in [0.25, 0.3) is 10.1 Å². The Morgan fingerprint density at radius 1 is 1.33 bits per heavy atom. The van der Waals surface area contributed by atoms with Crippen molar-refractivity contribution in [2.24, 2.45) is 0 Å². The summed E-state index contributed by atoms with van der Waals surface area (Å²) in [4.78, 5) is -0.199. The highest BCUT2D eigenvalue weighted by Gasteiger charge is 2.10. The normalized spacial score (nSPS) is 11.5. The van der Waals surface area contributed by atoms with Gasteiger partial charge in [-0.15, -0.1) is 5.10 Å². The van der Waals surface area contributed by atoms with Crippen LogP contribution in [0.3, 0.4) is 0 Å². The van der Waals surface area contributed by atoms with Gasteiger partial charge in [-0.3, -0.25) is 4.55 Å². The van der Waals surface area contributed by atoms with Crippen LogP contribution < -0.4 is 0 Å². The Morgan fingerprint density at radius 2 is 2.13 bits per heavy atom. The minimum Gasteiger partial charge on any atom is -0.282 e. The SMILES string of the molecule is O=S(=O)(O)c1cccc(-n2cnnn2)c1. The van der Waals surface area contributed by atoms with E-state index >= 15 is 0 Å². The molecule has 0 aliphatic heterocycles. The first-order valence-electron chi connectivity index (χ1n) is 3.88. The third-order valence-corrected chi connectivity index (χ3v) is 2.58. The van der Waals surface area contributed by atoms with E-state index in [0.717, 1.165) is 0 Å². The van der Waals surface area contributed by atoms with Crippen LogP contribution in [0.5, 0.6) is 0 Å². The smallest absolute Gasteiger partial charge is 0.282 e. The molecule has 1 aromatic carbocycles. The predicted octanol–water partition coefficient (Wildman–Crippen LogP) is -0.0910. The highest BCUT2D eigenvalue weighted by molar-refractivity contribution is 7.85. The summed E-state index contributed by atoms with van der Waals surface area (Å²) in [6.07, 6.45) is 1.32. The Hall–Kier alpha value is -1.80. The van der Waals surface area contributed by atoms with Crippen LogP contribution in [-0.4, -0.2) is 33.2 Å². The van der Waals surface area contributed by atoms with Gasteiger partial charge >= 0.3 is 0 Å². The maximum absolute atomic E-state index is 10.8. The van der Waals surface area contributed by atoms with Crippen molar-refractivity contribution in [3.8, 4) is 5.69 Å². The fraction of sp³-hybridized carbons (Fsp3) is 0. The van der Waals surface area contributed by atoms with Gasteiger partial charge in [0.05, 0.1) is 10.6 Å². The molecule has 0 amide bonds. The molecule has 8 heteroatoms. The molecule has 0 spiro atoms. The van der Waals surface area contributed by atoms with Crippen molar-refractivity contribution < 1.29 is 13.0 Å². The molecule has 15 heavy (non-hydrogen) atoms. The van der Waals surface area contributed by atoms with E-state index in [0.29, 0.717) is 5.69 Å². The Morgan fingerprint density at radius 3 is 2.73 bits per heavy atom. The van der Waals surface area contributed by atoms with Crippen molar-refractivity contribution in [3.63, 3.8) is 0 Å². The number of hydrogen-bond acceptors (Lipinski definition) is 5. The molecule has 0 atom stereocenters. The number of benzene rings is 1. The summed E-state index contributed by atoms with van der Waals surface area (Å²) in [5.41, 5.74) is 0.454. The predicted molar refractivity (Wildman–Crippen MR) is 49.0 cm³/mol. The van der Waals surface area contributed by atoms with Gasteiger partial charge in [-0.2, -0.15) is 8.42 Å². The molecule has 2 rings (SSSR count). The van der Waals surface area contributed by atoms with E-state index < -0.39 is 10.1 Å². The lowest BCUT2D eigenvalue weighted by Gasteiger charge is -2.00. The zero-order valence-corrected chi connectivity index (χ0v) is 8.16. The van der Waals surface area contributed by atoms with Crippen LogP contribution in [0.25, 0.3) is 5.69 Å². The van der Waals surface area contributed by atoms with Gasteiger partial charge in [-0.1, -0.05) is 6.07 Å². The van der Waals surface area contributed by atoms with E-state index in [4.69, 9.17) is 4.55 Å². The van der Waals surface area contributed by atoms with Crippen molar-refractivity contribution in [2.75, 3.05) is 0 Å². The minimum atomic E-state index is -4.20. The van der Waals surface area contributed by atoms with Crippen molar-refractivity contribution >= 4 is 10.1 Å². The molecular formula is C7H6N4O3S. The van der Waals surface area contributed by atoms with Gasteiger partial charge in [0.15, 0.2) is 0 Å². The quantitative estimate of drug-likeness (QED) is 0.718. The van der Waals surface area contributed by atoms with E-state index in [1.165, 1.54) is 29.2 Å². The Bertz CT molecular complexity index is 564. The third kappa shape index (κ3) is 2.00. The Balaban J connectivity index is 2.53. The van der Waals surface area contributed by atoms with Crippen LogP contribution in [0.4, 0.5) is 0 Å². The molecule has 1 aromatic heterocycles. The average molecular weight is 226 g/mol. The van der Waals surface area contributed by atoms with Crippen molar-refractivity contribution in [2.45, 2.75) is 4.90 Å². The first-order chi connectivity index (χ1) is 7.07. The maximum atomic E-state index is 10.8. The standard InChI is InChI=1S/C7H6N4O3S/c12-15(13,14)7-3-1-2-6(4-7)11-5-8-9-10-11/h1-5H,(H,12,13,14). The number of aromatic nitrogens is 4. The van der Waals surface area contributed by atoms with Gasteiger partial charge < -0.3 is 0 Å². The molecule has 7 nitrogen and oxygen atoms in total. The number of rotatable bonds is 2. The van der Waals surface area contributed by atoms with Crippen LogP contribution in [0, 0.1) is 0 Å². The van der Waals surface area contributed by atoms with E-state index in [-0.39, 0.29) is 4.90 Å². The molecule has 0 aliphatic rings. The van der Waals surface area contributed by atoms with Gasteiger partial charge in [0, 0.05) is 0 Å². The van der Waals surface area contributed by atoms with Crippen LogP contribution in [0.2, 0.25) is 0 Å². The molecule has 0 fully saturated rings. The largest absolute Gasteiger partial charge is 0.294 e. The monoisotopic (exact) mass is 226 g/mol. The van der Waals surface area contributed by atoms with Crippen LogP contribution in [0.15, 0.2) is 35.5 Å². The molecule has 0 aliphatic carbocycles. The van der Waals surface area contributed by atoms with E-state index in [2.05, 4.69) is 15.5 Å². The van der Waals surface area contributed by atoms with E-state index in [1.807, 2.05) is 0 Å². The van der Waals surface area contributed by atoms with Gasteiger partial charge in [0.1, 0.15) is 6.33 Å². The van der Waals surface area contributed by atoms with Crippen LogP contribution >= 0.6 is 0 Å². The minimum absolute atomic E-state index is 0.199. The summed E-state index contributed by atoms with van der Waals surface area (Å²) in [7, 11) is -4.20. The summed E-state index contributed by atoms with van der Waals surface area (Å²) < 4.78 is 31.8. The zero-order valence-electron chi connectivity index (χ0n) is 7.35. The highest BCUT2D eigenvalue weighted by atomic mass is 32.2. The number of nitrogens with zero attached hydrogens (tertiary/aromatic N) is 4. The van der Waals surface area contributed by atoms with Gasteiger partial charge in [-0.25, -0.2) is 4.68 Å².